The number of carbonyl (C=O) groups excluding carboxylic acids is 1. The molecule has 0 atom stereocenters. The summed E-state index contributed by atoms with van der Waals surface area (Å²) in [6, 6.07) is 8.07. The van der Waals surface area contributed by atoms with E-state index in [9.17, 15) is 13.2 Å². The Morgan fingerprint density at radius 2 is 1.70 bits per heavy atom. The van der Waals surface area contributed by atoms with E-state index in [1.807, 2.05) is 31.2 Å². The first-order valence-electron chi connectivity index (χ1n) is 7.45. The van der Waals surface area contributed by atoms with Gasteiger partial charge in [0, 0.05) is 45.2 Å². The van der Waals surface area contributed by atoms with Gasteiger partial charge in [0.15, 0.2) is 0 Å². The smallest absolute Gasteiger partial charge is 0.281 e. The van der Waals surface area contributed by atoms with E-state index in [0.717, 1.165) is 4.90 Å². The number of rotatable bonds is 5. The second-order valence-electron chi connectivity index (χ2n) is 5.67. The quantitative estimate of drug-likeness (QED) is 0.739. The van der Waals surface area contributed by atoms with Crippen LogP contribution in [0.4, 0.5) is 0 Å². The minimum atomic E-state index is -3.38. The van der Waals surface area contributed by atoms with E-state index >= 15 is 0 Å². The van der Waals surface area contributed by atoms with Crippen molar-refractivity contribution in [3.05, 3.63) is 29.8 Å². The van der Waals surface area contributed by atoms with Crippen LogP contribution >= 0.6 is 11.8 Å². The molecule has 0 N–H and O–H groups in total. The van der Waals surface area contributed by atoms with Crippen molar-refractivity contribution in [2.24, 2.45) is 0 Å². The molecule has 1 aliphatic heterocycles. The molecule has 0 unspecified atom stereocenters. The predicted molar refractivity (Wildman–Crippen MR) is 92.7 cm³/mol. The van der Waals surface area contributed by atoms with Crippen molar-refractivity contribution in [3.8, 4) is 0 Å². The SMILES string of the molecule is Cc1ccc(SCC(=O)N2CCN(S(=O)(=O)N(C)C)CC2)cc1. The minimum absolute atomic E-state index is 0.0532. The number of thioether (sulfide) groups is 1. The van der Waals surface area contributed by atoms with Gasteiger partial charge in [0.1, 0.15) is 0 Å². The van der Waals surface area contributed by atoms with Gasteiger partial charge in [-0.3, -0.25) is 4.79 Å². The van der Waals surface area contributed by atoms with Crippen LogP contribution in [0.1, 0.15) is 5.56 Å². The summed E-state index contributed by atoms with van der Waals surface area (Å²) in [5.74, 6) is 0.432. The molecular weight excluding hydrogens is 334 g/mol. The first kappa shape index (κ1) is 18.3. The zero-order valence-corrected chi connectivity index (χ0v) is 15.4. The topological polar surface area (TPSA) is 60.9 Å². The number of aryl methyl sites for hydroxylation is 1. The number of piperazine rings is 1. The van der Waals surface area contributed by atoms with Crippen molar-refractivity contribution < 1.29 is 13.2 Å². The van der Waals surface area contributed by atoms with Gasteiger partial charge >= 0.3 is 0 Å². The Morgan fingerprint density at radius 3 is 2.22 bits per heavy atom. The van der Waals surface area contributed by atoms with Crippen LogP contribution in [-0.2, 0) is 15.0 Å². The molecule has 1 aromatic carbocycles. The van der Waals surface area contributed by atoms with Crippen molar-refractivity contribution in [2.75, 3.05) is 46.0 Å². The number of nitrogens with zero attached hydrogens (tertiary/aromatic N) is 3. The van der Waals surface area contributed by atoms with Crippen LogP contribution in [0.3, 0.4) is 0 Å². The van der Waals surface area contributed by atoms with Crippen LogP contribution in [0.2, 0.25) is 0 Å². The van der Waals surface area contributed by atoms with Gasteiger partial charge in [-0.2, -0.15) is 17.0 Å². The zero-order valence-electron chi connectivity index (χ0n) is 13.7. The summed E-state index contributed by atoms with van der Waals surface area (Å²) in [6.45, 7) is 3.62. The molecule has 128 valence electrons. The van der Waals surface area contributed by atoms with E-state index in [2.05, 4.69) is 0 Å². The molecule has 8 heteroatoms. The summed E-state index contributed by atoms with van der Waals surface area (Å²) in [5, 5.41) is 0. The molecule has 2 rings (SSSR count). The molecule has 1 saturated heterocycles. The van der Waals surface area contributed by atoms with Crippen LogP contribution in [-0.4, -0.2) is 73.9 Å². The molecule has 1 fully saturated rings. The lowest BCUT2D eigenvalue weighted by molar-refractivity contribution is -0.129. The molecule has 1 amide bonds. The van der Waals surface area contributed by atoms with Crippen molar-refractivity contribution in [2.45, 2.75) is 11.8 Å². The number of hydrogen-bond donors (Lipinski definition) is 0. The van der Waals surface area contributed by atoms with E-state index in [1.54, 1.807) is 4.90 Å². The maximum atomic E-state index is 12.3. The molecule has 0 spiro atoms. The summed E-state index contributed by atoms with van der Waals surface area (Å²) in [5.41, 5.74) is 1.19. The van der Waals surface area contributed by atoms with E-state index in [4.69, 9.17) is 0 Å². The van der Waals surface area contributed by atoms with E-state index in [1.165, 1.54) is 40.0 Å². The highest BCUT2D eigenvalue weighted by Gasteiger charge is 2.29. The molecule has 0 saturated carbocycles. The van der Waals surface area contributed by atoms with E-state index in [0.29, 0.717) is 31.9 Å². The molecule has 23 heavy (non-hydrogen) atoms. The van der Waals surface area contributed by atoms with Crippen molar-refractivity contribution in [1.82, 2.24) is 13.5 Å². The molecule has 1 aromatic rings. The average molecular weight is 358 g/mol. The summed E-state index contributed by atoms with van der Waals surface area (Å²) in [6.07, 6.45) is 0. The summed E-state index contributed by atoms with van der Waals surface area (Å²) in [7, 11) is -0.347. The Kier molecular flexibility index (Phi) is 6.07. The molecular formula is C15H23N3O3S2. The van der Waals surface area contributed by atoms with Crippen LogP contribution in [0.15, 0.2) is 29.2 Å². The minimum Gasteiger partial charge on any atom is -0.339 e. The van der Waals surface area contributed by atoms with Crippen LogP contribution < -0.4 is 0 Å². The van der Waals surface area contributed by atoms with Crippen molar-refractivity contribution >= 4 is 27.9 Å². The average Bonchev–Trinajstić information content (AvgIpc) is 2.54. The zero-order chi connectivity index (χ0) is 17.0. The number of hydrogen-bond acceptors (Lipinski definition) is 4. The lowest BCUT2D eigenvalue weighted by atomic mass is 10.2. The monoisotopic (exact) mass is 357 g/mol. The number of carbonyl (C=O) groups is 1. The molecule has 0 bridgehead atoms. The molecule has 6 nitrogen and oxygen atoms in total. The van der Waals surface area contributed by atoms with Crippen LogP contribution in [0, 0.1) is 6.92 Å². The van der Waals surface area contributed by atoms with Crippen molar-refractivity contribution in [1.29, 1.82) is 0 Å². The molecule has 0 radical (unpaired) electrons. The normalized spacial score (nSPS) is 16.8. The van der Waals surface area contributed by atoms with Gasteiger partial charge in [-0.05, 0) is 19.1 Å². The molecule has 0 aliphatic carbocycles. The van der Waals surface area contributed by atoms with E-state index < -0.39 is 10.2 Å². The van der Waals surface area contributed by atoms with Gasteiger partial charge in [0.25, 0.3) is 10.2 Å². The standard InChI is InChI=1S/C15H23N3O3S2/c1-13-4-6-14(7-5-13)22-12-15(19)17-8-10-18(11-9-17)23(20,21)16(2)3/h4-7H,8-12H2,1-3H3. The molecule has 1 heterocycles. The van der Waals surface area contributed by atoms with Crippen molar-refractivity contribution in [3.63, 3.8) is 0 Å². The molecule has 0 aromatic heterocycles. The fourth-order valence-corrected chi connectivity index (χ4v) is 4.16. The third-order valence-electron chi connectivity index (χ3n) is 3.76. The Labute approximate surface area is 142 Å². The highest BCUT2D eigenvalue weighted by atomic mass is 32.2. The fraction of sp³-hybridized carbons (Fsp3) is 0.533. The van der Waals surface area contributed by atoms with Gasteiger partial charge in [0.2, 0.25) is 5.91 Å². The van der Waals surface area contributed by atoms with Gasteiger partial charge in [-0.25, -0.2) is 0 Å². The predicted octanol–water partition coefficient (Wildman–Crippen LogP) is 1.04. The maximum absolute atomic E-state index is 12.3. The van der Waals surface area contributed by atoms with Crippen LogP contribution in [0.25, 0.3) is 0 Å². The maximum Gasteiger partial charge on any atom is 0.281 e. The number of benzene rings is 1. The lowest BCUT2D eigenvalue weighted by Gasteiger charge is -2.35. The summed E-state index contributed by atoms with van der Waals surface area (Å²) >= 11 is 1.51. The fourth-order valence-electron chi connectivity index (χ4n) is 2.27. The Morgan fingerprint density at radius 1 is 1.13 bits per heavy atom. The molecule has 1 aliphatic rings. The highest BCUT2D eigenvalue weighted by Crippen LogP contribution is 2.19. The third kappa shape index (κ3) is 4.69. The van der Waals surface area contributed by atoms with Crippen LogP contribution in [0.5, 0.6) is 0 Å². The van der Waals surface area contributed by atoms with Gasteiger partial charge in [0.05, 0.1) is 5.75 Å². The van der Waals surface area contributed by atoms with Gasteiger partial charge < -0.3 is 4.90 Å². The third-order valence-corrected chi connectivity index (χ3v) is 6.70. The first-order valence-corrected chi connectivity index (χ1v) is 9.84. The second kappa shape index (κ2) is 7.65. The van der Waals surface area contributed by atoms with Gasteiger partial charge in [-0.1, -0.05) is 17.7 Å². The lowest BCUT2D eigenvalue weighted by Crippen LogP contribution is -2.53. The first-order chi connectivity index (χ1) is 10.8. The second-order valence-corrected chi connectivity index (χ2v) is 8.86. The largest absolute Gasteiger partial charge is 0.339 e. The Balaban J connectivity index is 1.83. The van der Waals surface area contributed by atoms with Gasteiger partial charge in [-0.15, -0.1) is 11.8 Å². The summed E-state index contributed by atoms with van der Waals surface area (Å²) in [4.78, 5) is 15.1. The Hall–Kier alpha value is -1.09. The Bertz CT molecular complexity index is 636. The summed E-state index contributed by atoms with van der Waals surface area (Å²) < 4.78 is 26.7. The van der Waals surface area contributed by atoms with E-state index in [-0.39, 0.29) is 5.91 Å². The number of amides is 1. The highest BCUT2D eigenvalue weighted by molar-refractivity contribution is 8.00.